The van der Waals surface area contributed by atoms with Gasteiger partial charge in [0.25, 0.3) is 8.05 Å². The second kappa shape index (κ2) is 8.05. The van der Waals surface area contributed by atoms with Gasteiger partial charge in [0.2, 0.25) is 0 Å². The van der Waals surface area contributed by atoms with Crippen molar-refractivity contribution in [2.24, 2.45) is 5.73 Å². The number of likely N-dealkylation sites (N-methyl/N-ethyl adjacent to an activating group) is 1. The summed E-state index contributed by atoms with van der Waals surface area (Å²) in [6, 6.07) is 0.492. The van der Waals surface area contributed by atoms with Crippen molar-refractivity contribution in [3.8, 4) is 0 Å². The molecule has 0 rings (SSSR count). The molecule has 0 aromatic rings. The molecule has 0 bridgehead atoms. The van der Waals surface area contributed by atoms with Gasteiger partial charge in [-0.1, -0.05) is 6.42 Å². The molecular weight excluding hydrogens is 139 g/mol. The molecule has 1 atom stereocenters. The molecule has 0 aliphatic carbocycles. The predicted molar refractivity (Wildman–Crippen MR) is 50.2 cm³/mol. The molecule has 0 aromatic heterocycles. The van der Waals surface area contributed by atoms with Crippen molar-refractivity contribution >= 4 is 8.05 Å². The summed E-state index contributed by atoms with van der Waals surface area (Å²) in [4.78, 5) is 0. The third-order valence-electron chi connectivity index (χ3n) is 1.78. The molecule has 66 valence electrons. The summed E-state index contributed by atoms with van der Waals surface area (Å²) in [5.41, 5.74) is 5.38. The third-order valence-corrected chi connectivity index (χ3v) is 1.78. The van der Waals surface area contributed by atoms with Gasteiger partial charge in [-0.25, -0.2) is 0 Å². The van der Waals surface area contributed by atoms with Crippen molar-refractivity contribution in [3.05, 3.63) is 0 Å². The molecule has 0 spiro atoms. The van der Waals surface area contributed by atoms with E-state index >= 15 is 0 Å². The Kier molecular flexibility index (Phi) is 8.01. The van der Waals surface area contributed by atoms with Gasteiger partial charge in [-0.05, 0) is 26.4 Å². The van der Waals surface area contributed by atoms with Crippen molar-refractivity contribution in [2.75, 3.05) is 20.2 Å². The molecule has 0 amide bonds. The van der Waals surface area contributed by atoms with Crippen LogP contribution in [0, 0.1) is 0 Å². The maximum Gasteiger partial charge on any atom is 0.257 e. The first-order valence-corrected chi connectivity index (χ1v) is 4.21. The standard InChI is InChI=1S/C7H19BN2O/c1-10-7(6-11-8)4-2-3-5-9/h7,10H,2-6,8-9H2,1H3. The van der Waals surface area contributed by atoms with Crippen LogP contribution in [0.3, 0.4) is 0 Å². The number of rotatable bonds is 7. The zero-order chi connectivity index (χ0) is 8.53. The fraction of sp³-hybridized carbons (Fsp3) is 1.00. The molecule has 0 aromatic carbocycles. The third kappa shape index (κ3) is 6.35. The SMILES string of the molecule is BOCC(CCCCN)NC. The van der Waals surface area contributed by atoms with Crippen LogP contribution < -0.4 is 11.1 Å². The summed E-state index contributed by atoms with van der Waals surface area (Å²) in [5, 5.41) is 3.20. The van der Waals surface area contributed by atoms with E-state index in [9.17, 15) is 0 Å². The lowest BCUT2D eigenvalue weighted by atomic mass is 10.1. The highest BCUT2D eigenvalue weighted by molar-refractivity contribution is 5.97. The van der Waals surface area contributed by atoms with E-state index in [4.69, 9.17) is 10.4 Å². The van der Waals surface area contributed by atoms with Crippen LogP contribution in [0.1, 0.15) is 19.3 Å². The lowest BCUT2D eigenvalue weighted by Crippen LogP contribution is -2.30. The molecule has 3 nitrogen and oxygen atoms in total. The van der Waals surface area contributed by atoms with Crippen LogP contribution in [0.25, 0.3) is 0 Å². The second-order valence-corrected chi connectivity index (χ2v) is 2.73. The monoisotopic (exact) mass is 158 g/mol. The van der Waals surface area contributed by atoms with E-state index in [1.54, 1.807) is 8.05 Å². The zero-order valence-corrected chi connectivity index (χ0v) is 7.60. The maximum absolute atomic E-state index is 5.38. The Morgan fingerprint density at radius 3 is 2.73 bits per heavy atom. The number of nitrogens with one attached hydrogen (secondary N) is 1. The van der Waals surface area contributed by atoms with Gasteiger partial charge in [0.15, 0.2) is 0 Å². The number of hydrogen-bond acceptors (Lipinski definition) is 3. The molecule has 4 heteroatoms. The summed E-state index contributed by atoms with van der Waals surface area (Å²) in [6.45, 7) is 1.59. The first kappa shape index (κ1) is 10.9. The number of nitrogens with two attached hydrogens (primary N) is 1. The lowest BCUT2D eigenvalue weighted by molar-refractivity contribution is 0.281. The maximum atomic E-state index is 5.38. The predicted octanol–water partition coefficient (Wildman–Crippen LogP) is -0.732. The normalized spacial score (nSPS) is 13.3. The van der Waals surface area contributed by atoms with Crippen LogP contribution in [0.4, 0.5) is 0 Å². The molecule has 0 aliphatic heterocycles. The number of hydrogen-bond donors (Lipinski definition) is 2. The number of unbranched alkanes of at least 4 members (excludes halogenated alkanes) is 1. The van der Waals surface area contributed by atoms with Crippen molar-refractivity contribution < 1.29 is 4.65 Å². The van der Waals surface area contributed by atoms with E-state index in [0.717, 1.165) is 26.0 Å². The minimum Gasteiger partial charge on any atom is -0.442 e. The van der Waals surface area contributed by atoms with Crippen LogP contribution >= 0.6 is 0 Å². The molecule has 0 aliphatic rings. The molecule has 1 unspecified atom stereocenters. The molecule has 11 heavy (non-hydrogen) atoms. The summed E-state index contributed by atoms with van der Waals surface area (Å²) >= 11 is 0. The first-order chi connectivity index (χ1) is 5.35. The van der Waals surface area contributed by atoms with Crippen LogP contribution in [0.2, 0.25) is 0 Å². The fourth-order valence-electron chi connectivity index (χ4n) is 1.05. The average molecular weight is 158 g/mol. The van der Waals surface area contributed by atoms with Crippen molar-refractivity contribution in [2.45, 2.75) is 25.3 Å². The van der Waals surface area contributed by atoms with Crippen molar-refractivity contribution in [1.29, 1.82) is 0 Å². The lowest BCUT2D eigenvalue weighted by Gasteiger charge is -2.14. The van der Waals surface area contributed by atoms with E-state index in [1.807, 2.05) is 7.05 Å². The van der Waals surface area contributed by atoms with E-state index < -0.39 is 0 Å². The highest BCUT2D eigenvalue weighted by Crippen LogP contribution is 1.99. The van der Waals surface area contributed by atoms with E-state index in [-0.39, 0.29) is 0 Å². The molecule has 0 saturated heterocycles. The van der Waals surface area contributed by atoms with E-state index in [2.05, 4.69) is 5.32 Å². The minimum atomic E-state index is 0.492. The van der Waals surface area contributed by atoms with Gasteiger partial charge in [0, 0.05) is 12.6 Å². The molecule has 0 saturated carbocycles. The average Bonchev–Trinajstić information content (AvgIpc) is 2.03. The Hall–Kier alpha value is -0.0551. The van der Waals surface area contributed by atoms with E-state index in [0.29, 0.717) is 6.04 Å². The highest BCUT2D eigenvalue weighted by Gasteiger charge is 2.02. The van der Waals surface area contributed by atoms with Gasteiger partial charge in [0.05, 0.1) is 0 Å². The van der Waals surface area contributed by atoms with E-state index in [1.165, 1.54) is 6.42 Å². The second-order valence-electron chi connectivity index (χ2n) is 2.73. The Bertz CT molecular complexity index is 82.8. The highest BCUT2D eigenvalue weighted by atomic mass is 16.4. The molecule has 0 fully saturated rings. The largest absolute Gasteiger partial charge is 0.442 e. The van der Waals surface area contributed by atoms with Gasteiger partial charge < -0.3 is 15.7 Å². The summed E-state index contributed by atoms with van der Waals surface area (Å²) in [6.07, 6.45) is 3.45. The Labute approximate surface area is 70.1 Å². The smallest absolute Gasteiger partial charge is 0.257 e. The quantitative estimate of drug-likeness (QED) is 0.379. The first-order valence-electron chi connectivity index (χ1n) is 4.21. The molecule has 3 N–H and O–H groups in total. The van der Waals surface area contributed by atoms with Crippen LogP contribution in [0.15, 0.2) is 0 Å². The summed E-state index contributed by atoms with van der Waals surface area (Å²) < 4.78 is 5.03. The Balaban J connectivity index is 3.20. The van der Waals surface area contributed by atoms with Gasteiger partial charge in [-0.2, -0.15) is 0 Å². The molecule has 0 heterocycles. The van der Waals surface area contributed by atoms with Gasteiger partial charge in [-0.3, -0.25) is 0 Å². The Morgan fingerprint density at radius 1 is 1.55 bits per heavy atom. The Morgan fingerprint density at radius 2 is 2.27 bits per heavy atom. The topological polar surface area (TPSA) is 47.3 Å². The van der Waals surface area contributed by atoms with Gasteiger partial charge in [0.1, 0.15) is 0 Å². The molecular formula is C7H19BN2O. The van der Waals surface area contributed by atoms with Crippen molar-refractivity contribution in [3.63, 3.8) is 0 Å². The summed E-state index contributed by atoms with van der Waals surface area (Å²) in [7, 11) is 3.69. The molecule has 0 radical (unpaired) electrons. The van der Waals surface area contributed by atoms with Gasteiger partial charge >= 0.3 is 0 Å². The van der Waals surface area contributed by atoms with Crippen molar-refractivity contribution in [1.82, 2.24) is 5.32 Å². The minimum absolute atomic E-state index is 0.492. The summed E-state index contributed by atoms with van der Waals surface area (Å²) in [5.74, 6) is 0. The van der Waals surface area contributed by atoms with Crippen LogP contribution in [0.5, 0.6) is 0 Å². The van der Waals surface area contributed by atoms with Crippen LogP contribution in [-0.2, 0) is 4.65 Å². The fourth-order valence-corrected chi connectivity index (χ4v) is 1.05. The zero-order valence-electron chi connectivity index (χ0n) is 7.60. The van der Waals surface area contributed by atoms with Gasteiger partial charge in [-0.15, -0.1) is 0 Å². The van der Waals surface area contributed by atoms with Crippen LogP contribution in [-0.4, -0.2) is 34.3 Å².